The summed E-state index contributed by atoms with van der Waals surface area (Å²) in [4.78, 5) is 0. The van der Waals surface area contributed by atoms with Gasteiger partial charge in [0.05, 0.1) is 0 Å². The van der Waals surface area contributed by atoms with E-state index in [1.54, 1.807) is 0 Å². The first kappa shape index (κ1) is 12.4. The number of hydrogen-bond donors (Lipinski definition) is 2. The minimum atomic E-state index is 0.139. The maximum absolute atomic E-state index is 7.42. The number of nitrogen functional groups attached to an aromatic ring is 1. The molecule has 3 N–H and O–H groups in total. The SMILES string of the molecule is N=C(N)c1cccc(CCCc2ccccc2)c1. The Morgan fingerprint density at radius 1 is 0.889 bits per heavy atom. The number of nitrogens with two attached hydrogens (primary N) is 1. The molecule has 92 valence electrons. The molecule has 0 atom stereocenters. The molecule has 0 saturated carbocycles. The van der Waals surface area contributed by atoms with Gasteiger partial charge in [0.15, 0.2) is 0 Å². The Labute approximate surface area is 108 Å². The van der Waals surface area contributed by atoms with Crippen LogP contribution in [0.1, 0.15) is 23.1 Å². The molecule has 0 heterocycles. The van der Waals surface area contributed by atoms with Crippen molar-refractivity contribution in [2.45, 2.75) is 19.3 Å². The highest BCUT2D eigenvalue weighted by atomic mass is 14.7. The summed E-state index contributed by atoms with van der Waals surface area (Å²) < 4.78 is 0. The standard InChI is InChI=1S/C16H18N2/c17-16(18)15-11-5-10-14(12-15)9-4-8-13-6-2-1-3-7-13/h1-3,5-7,10-12H,4,8-9H2,(H3,17,18). The lowest BCUT2D eigenvalue weighted by Crippen LogP contribution is -2.11. The Kier molecular flexibility index (Phi) is 4.13. The van der Waals surface area contributed by atoms with E-state index >= 15 is 0 Å². The molecule has 0 unspecified atom stereocenters. The van der Waals surface area contributed by atoms with Gasteiger partial charge in [-0.1, -0.05) is 48.5 Å². The quantitative estimate of drug-likeness (QED) is 0.610. The van der Waals surface area contributed by atoms with Crippen LogP contribution in [0.15, 0.2) is 54.6 Å². The molecule has 0 aliphatic rings. The molecule has 18 heavy (non-hydrogen) atoms. The van der Waals surface area contributed by atoms with E-state index in [1.807, 2.05) is 24.3 Å². The molecule has 0 fully saturated rings. The maximum Gasteiger partial charge on any atom is 0.122 e. The molecule has 0 aliphatic carbocycles. The van der Waals surface area contributed by atoms with Crippen molar-refractivity contribution < 1.29 is 0 Å². The van der Waals surface area contributed by atoms with Crippen molar-refractivity contribution >= 4 is 5.84 Å². The lowest BCUT2D eigenvalue weighted by molar-refractivity contribution is 0.820. The summed E-state index contributed by atoms with van der Waals surface area (Å²) in [5, 5.41) is 7.42. The second-order valence-electron chi connectivity index (χ2n) is 4.45. The zero-order chi connectivity index (χ0) is 12.8. The number of benzene rings is 2. The van der Waals surface area contributed by atoms with Crippen LogP contribution in [0.25, 0.3) is 0 Å². The molecule has 2 nitrogen and oxygen atoms in total. The molecule has 0 radical (unpaired) electrons. The largest absolute Gasteiger partial charge is 0.384 e. The molecule has 0 aromatic heterocycles. The van der Waals surface area contributed by atoms with Crippen molar-refractivity contribution in [2.75, 3.05) is 0 Å². The first-order valence-corrected chi connectivity index (χ1v) is 6.23. The fourth-order valence-corrected chi connectivity index (χ4v) is 2.04. The summed E-state index contributed by atoms with van der Waals surface area (Å²) in [6.45, 7) is 0. The van der Waals surface area contributed by atoms with Gasteiger partial charge < -0.3 is 5.73 Å². The van der Waals surface area contributed by atoms with Crippen molar-refractivity contribution in [3.05, 3.63) is 71.3 Å². The topological polar surface area (TPSA) is 49.9 Å². The summed E-state index contributed by atoms with van der Waals surface area (Å²) >= 11 is 0. The van der Waals surface area contributed by atoms with Gasteiger partial charge in [-0.2, -0.15) is 0 Å². The minimum absolute atomic E-state index is 0.139. The van der Waals surface area contributed by atoms with Gasteiger partial charge in [-0.25, -0.2) is 0 Å². The second kappa shape index (κ2) is 6.01. The van der Waals surface area contributed by atoms with Gasteiger partial charge in [-0.05, 0) is 36.5 Å². The normalized spacial score (nSPS) is 10.2. The molecule has 0 aliphatic heterocycles. The summed E-state index contributed by atoms with van der Waals surface area (Å²) in [7, 11) is 0. The van der Waals surface area contributed by atoms with E-state index in [1.165, 1.54) is 11.1 Å². The second-order valence-corrected chi connectivity index (χ2v) is 4.45. The van der Waals surface area contributed by atoms with Crippen LogP contribution in [0.2, 0.25) is 0 Å². The fraction of sp³-hybridized carbons (Fsp3) is 0.188. The first-order chi connectivity index (χ1) is 8.75. The summed E-state index contributed by atoms with van der Waals surface area (Å²) in [5.41, 5.74) is 8.92. The van der Waals surface area contributed by atoms with E-state index in [-0.39, 0.29) is 5.84 Å². The van der Waals surface area contributed by atoms with Crippen molar-refractivity contribution in [2.24, 2.45) is 5.73 Å². The van der Waals surface area contributed by atoms with E-state index < -0.39 is 0 Å². The van der Waals surface area contributed by atoms with E-state index in [9.17, 15) is 0 Å². The van der Waals surface area contributed by atoms with E-state index in [0.29, 0.717) is 0 Å². The Bertz CT molecular complexity index is 518. The molecule has 2 aromatic carbocycles. The van der Waals surface area contributed by atoms with Crippen LogP contribution in [-0.4, -0.2) is 5.84 Å². The van der Waals surface area contributed by atoms with E-state index in [2.05, 4.69) is 30.3 Å². The summed E-state index contributed by atoms with van der Waals surface area (Å²) in [6.07, 6.45) is 3.23. The zero-order valence-electron chi connectivity index (χ0n) is 10.4. The number of aryl methyl sites for hydroxylation is 2. The third kappa shape index (κ3) is 3.45. The minimum Gasteiger partial charge on any atom is -0.384 e. The Hall–Kier alpha value is -2.09. The smallest absolute Gasteiger partial charge is 0.122 e. The molecular weight excluding hydrogens is 220 g/mol. The molecule has 0 bridgehead atoms. The molecule has 0 saturated heterocycles. The lowest BCUT2D eigenvalue weighted by Gasteiger charge is -2.04. The molecular formula is C16H18N2. The average molecular weight is 238 g/mol. The van der Waals surface area contributed by atoms with Gasteiger partial charge in [0.1, 0.15) is 5.84 Å². The molecule has 2 heteroatoms. The monoisotopic (exact) mass is 238 g/mol. The van der Waals surface area contributed by atoms with Crippen LogP contribution >= 0.6 is 0 Å². The highest BCUT2D eigenvalue weighted by Gasteiger charge is 1.99. The molecule has 2 rings (SSSR count). The zero-order valence-corrected chi connectivity index (χ0v) is 10.4. The van der Waals surface area contributed by atoms with Crippen molar-refractivity contribution in [1.29, 1.82) is 5.41 Å². The van der Waals surface area contributed by atoms with Crippen LogP contribution in [-0.2, 0) is 12.8 Å². The van der Waals surface area contributed by atoms with Gasteiger partial charge in [0, 0.05) is 5.56 Å². The van der Waals surface area contributed by atoms with Gasteiger partial charge in [-0.15, -0.1) is 0 Å². The first-order valence-electron chi connectivity index (χ1n) is 6.23. The maximum atomic E-state index is 7.42. The third-order valence-electron chi connectivity index (χ3n) is 3.01. The summed E-state index contributed by atoms with van der Waals surface area (Å²) in [6, 6.07) is 18.5. The number of nitrogens with one attached hydrogen (secondary N) is 1. The van der Waals surface area contributed by atoms with Gasteiger partial charge in [0.2, 0.25) is 0 Å². The van der Waals surface area contributed by atoms with Crippen LogP contribution in [0, 0.1) is 5.41 Å². The molecule has 0 amide bonds. The highest BCUT2D eigenvalue weighted by molar-refractivity contribution is 5.95. The third-order valence-corrected chi connectivity index (χ3v) is 3.01. The van der Waals surface area contributed by atoms with Crippen LogP contribution in [0.4, 0.5) is 0 Å². The number of rotatable bonds is 5. The van der Waals surface area contributed by atoms with Crippen molar-refractivity contribution in [1.82, 2.24) is 0 Å². The highest BCUT2D eigenvalue weighted by Crippen LogP contribution is 2.10. The number of hydrogen-bond acceptors (Lipinski definition) is 1. The average Bonchev–Trinajstić information content (AvgIpc) is 2.40. The fourth-order valence-electron chi connectivity index (χ4n) is 2.04. The van der Waals surface area contributed by atoms with Crippen molar-refractivity contribution in [3.8, 4) is 0 Å². The van der Waals surface area contributed by atoms with Crippen LogP contribution < -0.4 is 5.73 Å². The van der Waals surface area contributed by atoms with Crippen LogP contribution in [0.5, 0.6) is 0 Å². The number of amidine groups is 1. The molecule has 0 spiro atoms. The Morgan fingerprint density at radius 2 is 1.56 bits per heavy atom. The predicted octanol–water partition coefficient (Wildman–Crippen LogP) is 3.15. The lowest BCUT2D eigenvalue weighted by atomic mass is 10.0. The predicted molar refractivity (Wildman–Crippen MR) is 75.9 cm³/mol. The van der Waals surface area contributed by atoms with Crippen molar-refractivity contribution in [3.63, 3.8) is 0 Å². The summed E-state index contributed by atoms with van der Waals surface area (Å²) in [5.74, 6) is 0.139. The van der Waals surface area contributed by atoms with E-state index in [0.717, 1.165) is 24.8 Å². The van der Waals surface area contributed by atoms with Crippen LogP contribution in [0.3, 0.4) is 0 Å². The molecule has 2 aromatic rings. The van der Waals surface area contributed by atoms with Gasteiger partial charge in [-0.3, -0.25) is 5.41 Å². The van der Waals surface area contributed by atoms with E-state index in [4.69, 9.17) is 11.1 Å². The van der Waals surface area contributed by atoms with Gasteiger partial charge in [0.25, 0.3) is 0 Å². The van der Waals surface area contributed by atoms with Gasteiger partial charge >= 0.3 is 0 Å². The Balaban J connectivity index is 1.90. The Morgan fingerprint density at radius 3 is 2.28 bits per heavy atom.